The number of aliphatic hydroxyl groups is 1. The molecule has 0 bridgehead atoms. The van der Waals surface area contributed by atoms with Gasteiger partial charge in [0, 0.05) is 44.9 Å². The fraction of sp³-hybridized carbons (Fsp3) is 1.00. The van der Waals surface area contributed by atoms with Gasteiger partial charge in [0.05, 0.1) is 18.8 Å². The van der Waals surface area contributed by atoms with E-state index in [0.717, 1.165) is 32.4 Å². The molecule has 118 valence electrons. The quantitative estimate of drug-likeness (QED) is 0.749. The zero-order chi connectivity index (χ0) is 14.8. The van der Waals surface area contributed by atoms with Crippen LogP contribution in [0.3, 0.4) is 0 Å². The van der Waals surface area contributed by atoms with Gasteiger partial charge >= 0.3 is 0 Å². The predicted octanol–water partition coefficient (Wildman–Crippen LogP) is 0.614. The Bertz CT molecular complexity index is 301. The Balaban J connectivity index is 1.95. The lowest BCUT2D eigenvalue weighted by Gasteiger charge is -2.32. The molecule has 20 heavy (non-hydrogen) atoms. The molecular formula is C15H30N2O3. The molecule has 0 aromatic rings. The minimum absolute atomic E-state index is 0.105. The third-order valence-corrected chi connectivity index (χ3v) is 4.85. The summed E-state index contributed by atoms with van der Waals surface area (Å²) < 4.78 is 11.0. The van der Waals surface area contributed by atoms with Gasteiger partial charge in [0.25, 0.3) is 0 Å². The largest absolute Gasteiger partial charge is 0.394 e. The van der Waals surface area contributed by atoms with E-state index in [1.54, 1.807) is 14.2 Å². The molecule has 2 rings (SSSR count). The summed E-state index contributed by atoms with van der Waals surface area (Å²) in [4.78, 5) is 2.47. The van der Waals surface area contributed by atoms with Crippen LogP contribution in [0.1, 0.15) is 33.1 Å². The van der Waals surface area contributed by atoms with Crippen LogP contribution in [-0.4, -0.2) is 73.8 Å². The maximum atomic E-state index is 9.79. The van der Waals surface area contributed by atoms with E-state index in [0.29, 0.717) is 12.1 Å². The first-order valence-corrected chi connectivity index (χ1v) is 7.72. The molecule has 0 amide bonds. The molecule has 0 aromatic heterocycles. The van der Waals surface area contributed by atoms with Crippen molar-refractivity contribution in [2.75, 3.05) is 33.9 Å². The van der Waals surface area contributed by atoms with Crippen molar-refractivity contribution in [3.8, 4) is 0 Å². The van der Waals surface area contributed by atoms with E-state index >= 15 is 0 Å². The summed E-state index contributed by atoms with van der Waals surface area (Å²) in [5, 5.41) is 13.4. The minimum Gasteiger partial charge on any atom is -0.394 e. The molecule has 5 heteroatoms. The van der Waals surface area contributed by atoms with Crippen LogP contribution in [-0.2, 0) is 9.47 Å². The number of hydrogen-bond acceptors (Lipinski definition) is 5. The first-order chi connectivity index (χ1) is 9.53. The molecule has 2 aliphatic rings. The van der Waals surface area contributed by atoms with Gasteiger partial charge in [-0.3, -0.25) is 4.90 Å². The number of ether oxygens (including phenoxy) is 2. The number of likely N-dealkylation sites (tertiary alicyclic amines) is 1. The lowest BCUT2D eigenvalue weighted by molar-refractivity contribution is -0.00461. The molecule has 1 saturated heterocycles. The van der Waals surface area contributed by atoms with Crippen LogP contribution >= 0.6 is 0 Å². The van der Waals surface area contributed by atoms with Crippen LogP contribution in [0, 0.1) is 0 Å². The number of methoxy groups -OCH3 is 2. The van der Waals surface area contributed by atoms with Crippen LogP contribution < -0.4 is 5.32 Å². The molecule has 5 nitrogen and oxygen atoms in total. The van der Waals surface area contributed by atoms with Crippen LogP contribution in [0.2, 0.25) is 0 Å². The summed E-state index contributed by atoms with van der Waals surface area (Å²) >= 11 is 0. The van der Waals surface area contributed by atoms with Gasteiger partial charge in [0.15, 0.2) is 0 Å². The van der Waals surface area contributed by atoms with Crippen LogP contribution in [0.5, 0.6) is 0 Å². The first-order valence-electron chi connectivity index (χ1n) is 7.72. The van der Waals surface area contributed by atoms with Crippen molar-refractivity contribution in [3.63, 3.8) is 0 Å². The SMILES string of the molecule is COC1CN(C2CCC(CO)(NC(C)C)C2)CC1OC. The second-order valence-electron chi connectivity index (χ2n) is 6.64. The standard InChI is InChI=1S/C15H30N2O3/c1-11(2)16-15(10-18)6-5-12(7-15)17-8-13(19-3)14(9-17)20-4/h11-14,16,18H,5-10H2,1-4H3. The van der Waals surface area contributed by atoms with Gasteiger partial charge < -0.3 is 19.9 Å². The molecule has 4 atom stereocenters. The monoisotopic (exact) mass is 286 g/mol. The van der Waals surface area contributed by atoms with Crippen molar-refractivity contribution in [1.82, 2.24) is 10.2 Å². The van der Waals surface area contributed by atoms with Crippen molar-refractivity contribution in [2.24, 2.45) is 0 Å². The second-order valence-corrected chi connectivity index (χ2v) is 6.64. The third kappa shape index (κ3) is 3.34. The minimum atomic E-state index is -0.105. The average Bonchev–Trinajstić information content (AvgIpc) is 3.01. The van der Waals surface area contributed by atoms with Crippen LogP contribution in [0.25, 0.3) is 0 Å². The Hall–Kier alpha value is -0.200. The summed E-state index contributed by atoms with van der Waals surface area (Å²) in [6, 6.07) is 0.920. The second kappa shape index (κ2) is 6.71. The summed E-state index contributed by atoms with van der Waals surface area (Å²) in [6.07, 6.45) is 3.52. The normalized spacial score (nSPS) is 39.0. The smallest absolute Gasteiger partial charge is 0.0971 e. The molecule has 0 radical (unpaired) electrons. The van der Waals surface area contributed by atoms with Gasteiger partial charge in [-0.1, -0.05) is 13.8 Å². The molecular weight excluding hydrogens is 256 g/mol. The van der Waals surface area contributed by atoms with Gasteiger partial charge in [-0.15, -0.1) is 0 Å². The number of aliphatic hydroxyl groups excluding tert-OH is 1. The van der Waals surface area contributed by atoms with E-state index < -0.39 is 0 Å². The van der Waals surface area contributed by atoms with Gasteiger partial charge in [0.1, 0.15) is 0 Å². The molecule has 0 aromatic carbocycles. The average molecular weight is 286 g/mol. The van der Waals surface area contributed by atoms with E-state index in [1.807, 2.05) is 0 Å². The van der Waals surface area contributed by atoms with E-state index in [9.17, 15) is 5.11 Å². The Morgan fingerprint density at radius 2 is 1.85 bits per heavy atom. The molecule has 1 heterocycles. The molecule has 1 saturated carbocycles. The highest BCUT2D eigenvalue weighted by atomic mass is 16.5. The zero-order valence-corrected chi connectivity index (χ0v) is 13.3. The Morgan fingerprint density at radius 1 is 1.25 bits per heavy atom. The summed E-state index contributed by atoms with van der Waals surface area (Å²) in [6.45, 7) is 6.37. The van der Waals surface area contributed by atoms with Crippen molar-refractivity contribution in [1.29, 1.82) is 0 Å². The van der Waals surface area contributed by atoms with Gasteiger partial charge in [-0.05, 0) is 19.3 Å². The highest BCUT2D eigenvalue weighted by molar-refractivity contribution is 5.02. The van der Waals surface area contributed by atoms with E-state index in [-0.39, 0.29) is 24.4 Å². The Morgan fingerprint density at radius 3 is 2.30 bits per heavy atom. The Labute approximate surface area is 122 Å². The van der Waals surface area contributed by atoms with Crippen molar-refractivity contribution >= 4 is 0 Å². The zero-order valence-electron chi connectivity index (χ0n) is 13.3. The molecule has 2 N–H and O–H groups in total. The van der Waals surface area contributed by atoms with Crippen molar-refractivity contribution in [2.45, 2.75) is 62.9 Å². The molecule has 4 unspecified atom stereocenters. The Kier molecular flexibility index (Phi) is 5.42. The van der Waals surface area contributed by atoms with Crippen molar-refractivity contribution in [3.05, 3.63) is 0 Å². The van der Waals surface area contributed by atoms with E-state index in [4.69, 9.17) is 9.47 Å². The van der Waals surface area contributed by atoms with Crippen LogP contribution in [0.15, 0.2) is 0 Å². The fourth-order valence-corrected chi connectivity index (χ4v) is 3.87. The fourth-order valence-electron chi connectivity index (χ4n) is 3.87. The summed E-state index contributed by atoms with van der Waals surface area (Å²) in [7, 11) is 3.51. The molecule has 1 aliphatic carbocycles. The molecule has 0 spiro atoms. The lowest BCUT2D eigenvalue weighted by atomic mass is 9.97. The summed E-state index contributed by atoms with van der Waals surface area (Å²) in [5.41, 5.74) is -0.105. The highest BCUT2D eigenvalue weighted by Gasteiger charge is 2.44. The first kappa shape index (κ1) is 16.2. The summed E-state index contributed by atoms with van der Waals surface area (Å²) in [5.74, 6) is 0. The molecule has 1 aliphatic heterocycles. The molecule has 2 fully saturated rings. The topological polar surface area (TPSA) is 54.0 Å². The van der Waals surface area contributed by atoms with Gasteiger partial charge in [0.2, 0.25) is 0 Å². The van der Waals surface area contributed by atoms with Crippen LogP contribution in [0.4, 0.5) is 0 Å². The van der Waals surface area contributed by atoms with Gasteiger partial charge in [-0.2, -0.15) is 0 Å². The lowest BCUT2D eigenvalue weighted by Crippen LogP contribution is -2.50. The third-order valence-electron chi connectivity index (χ3n) is 4.85. The number of hydrogen-bond donors (Lipinski definition) is 2. The number of nitrogens with zero attached hydrogens (tertiary/aromatic N) is 1. The van der Waals surface area contributed by atoms with Gasteiger partial charge in [-0.25, -0.2) is 0 Å². The highest BCUT2D eigenvalue weighted by Crippen LogP contribution is 2.35. The van der Waals surface area contributed by atoms with Crippen molar-refractivity contribution < 1.29 is 14.6 Å². The predicted molar refractivity (Wildman–Crippen MR) is 78.9 cm³/mol. The maximum absolute atomic E-state index is 9.79. The maximum Gasteiger partial charge on any atom is 0.0971 e. The van der Waals surface area contributed by atoms with E-state index in [2.05, 4.69) is 24.1 Å². The van der Waals surface area contributed by atoms with E-state index in [1.165, 1.54) is 0 Å². The number of nitrogens with one attached hydrogen (secondary N) is 1. The number of rotatable bonds is 6.